The molecule has 0 radical (unpaired) electrons. The van der Waals surface area contributed by atoms with Crippen molar-refractivity contribution >= 4 is 17.5 Å². The van der Waals surface area contributed by atoms with E-state index in [-0.39, 0.29) is 12.4 Å². The number of benzene rings is 2. The highest BCUT2D eigenvalue weighted by Gasteiger charge is 2.29. The van der Waals surface area contributed by atoms with Crippen LogP contribution in [0.25, 0.3) is 11.4 Å². The van der Waals surface area contributed by atoms with Gasteiger partial charge in [0.1, 0.15) is 6.54 Å². The highest BCUT2D eigenvalue weighted by atomic mass is 35.5. The third-order valence-corrected chi connectivity index (χ3v) is 5.73. The molecule has 0 saturated carbocycles. The molecule has 0 aliphatic rings. The highest BCUT2D eigenvalue weighted by molar-refractivity contribution is 6.30. The summed E-state index contributed by atoms with van der Waals surface area (Å²) in [6, 6.07) is 10.9. The van der Waals surface area contributed by atoms with Crippen molar-refractivity contribution in [2.24, 2.45) is 0 Å². The zero-order valence-corrected chi connectivity index (χ0v) is 19.3. The van der Waals surface area contributed by atoms with Gasteiger partial charge in [0.25, 0.3) is 0 Å². The smallest absolute Gasteiger partial charge is 0.390 e. The summed E-state index contributed by atoms with van der Waals surface area (Å²) in [5.41, 5.74) is 2.14. The van der Waals surface area contributed by atoms with Gasteiger partial charge in [-0.3, -0.25) is 9.36 Å². The average Bonchev–Trinajstić information content (AvgIpc) is 3.08. The van der Waals surface area contributed by atoms with Gasteiger partial charge in [0, 0.05) is 17.1 Å². The van der Waals surface area contributed by atoms with Gasteiger partial charge < -0.3 is 10.4 Å². The molecular formula is C23H24ClF3N4O3. The second kappa shape index (κ2) is 10.4. The molecule has 0 aliphatic carbocycles. The quantitative estimate of drug-likeness (QED) is 0.496. The van der Waals surface area contributed by atoms with Crippen molar-refractivity contribution in [3.63, 3.8) is 0 Å². The van der Waals surface area contributed by atoms with E-state index in [4.69, 9.17) is 11.6 Å². The minimum Gasteiger partial charge on any atom is -0.394 e. The van der Waals surface area contributed by atoms with Gasteiger partial charge >= 0.3 is 11.9 Å². The zero-order chi connectivity index (χ0) is 25.0. The van der Waals surface area contributed by atoms with E-state index >= 15 is 0 Å². The van der Waals surface area contributed by atoms with Crippen LogP contribution in [-0.4, -0.2) is 38.1 Å². The van der Waals surface area contributed by atoms with Crippen LogP contribution < -0.4 is 11.0 Å². The number of halogens is 4. The highest BCUT2D eigenvalue weighted by Crippen LogP contribution is 2.24. The number of nitrogens with zero attached hydrogens (tertiary/aromatic N) is 3. The lowest BCUT2D eigenvalue weighted by Crippen LogP contribution is -2.37. The molecule has 7 nitrogen and oxygen atoms in total. The third-order valence-electron chi connectivity index (χ3n) is 5.48. The van der Waals surface area contributed by atoms with Crippen LogP contribution in [-0.2, 0) is 17.9 Å². The van der Waals surface area contributed by atoms with Crippen LogP contribution in [0.4, 0.5) is 13.2 Å². The van der Waals surface area contributed by atoms with Gasteiger partial charge in [0.05, 0.1) is 19.1 Å². The summed E-state index contributed by atoms with van der Waals surface area (Å²) in [6.45, 7) is 2.22. The molecule has 34 heavy (non-hydrogen) atoms. The van der Waals surface area contributed by atoms with Crippen molar-refractivity contribution in [2.75, 3.05) is 6.61 Å². The maximum absolute atomic E-state index is 12.8. The number of aromatic nitrogens is 3. The number of hydrogen-bond donors (Lipinski definition) is 2. The lowest BCUT2D eigenvalue weighted by molar-refractivity contribution is -0.136. The molecule has 1 atom stereocenters. The Bertz CT molecular complexity index is 1220. The van der Waals surface area contributed by atoms with Crippen LogP contribution in [0, 0.1) is 13.8 Å². The molecular weight excluding hydrogens is 473 g/mol. The number of aliphatic hydroxyl groups excluding tert-OH is 1. The number of carbonyl (C=O) groups is 1. The first-order valence-corrected chi connectivity index (χ1v) is 10.8. The normalized spacial score (nSPS) is 12.6. The van der Waals surface area contributed by atoms with Crippen LogP contribution >= 0.6 is 11.6 Å². The number of rotatable bonds is 8. The molecule has 11 heteroatoms. The predicted molar refractivity (Wildman–Crippen MR) is 121 cm³/mol. The molecule has 1 amide bonds. The number of nitrogens with one attached hydrogen (secondary N) is 1. The molecule has 3 rings (SSSR count). The number of alkyl halides is 3. The van der Waals surface area contributed by atoms with Crippen LogP contribution in [0.15, 0.2) is 47.3 Å². The Morgan fingerprint density at radius 3 is 2.47 bits per heavy atom. The lowest BCUT2D eigenvalue weighted by Gasteiger charge is -2.19. The summed E-state index contributed by atoms with van der Waals surface area (Å²) in [7, 11) is 0. The average molecular weight is 497 g/mol. The Morgan fingerprint density at radius 1 is 1.18 bits per heavy atom. The summed E-state index contributed by atoms with van der Waals surface area (Å²) < 4.78 is 40.2. The van der Waals surface area contributed by atoms with E-state index < -0.39 is 43.3 Å². The molecule has 0 spiro atoms. The minimum absolute atomic E-state index is 0.00745. The van der Waals surface area contributed by atoms with E-state index in [0.29, 0.717) is 10.6 Å². The summed E-state index contributed by atoms with van der Waals surface area (Å²) in [6.07, 6.45) is -5.71. The lowest BCUT2D eigenvalue weighted by atomic mass is 9.98. The minimum atomic E-state index is -4.48. The molecule has 3 aromatic rings. The van der Waals surface area contributed by atoms with Crippen LogP contribution in [0.2, 0.25) is 5.02 Å². The topological polar surface area (TPSA) is 89.2 Å². The van der Waals surface area contributed by atoms with E-state index in [1.54, 1.807) is 12.1 Å². The summed E-state index contributed by atoms with van der Waals surface area (Å²) in [4.78, 5) is 25.5. The van der Waals surface area contributed by atoms with Crippen molar-refractivity contribution in [3.8, 4) is 11.4 Å². The fourth-order valence-corrected chi connectivity index (χ4v) is 3.67. The molecule has 0 bridgehead atoms. The number of aryl methyl sites for hydroxylation is 1. The predicted octanol–water partition coefficient (Wildman–Crippen LogP) is 3.78. The molecule has 0 unspecified atom stereocenters. The standard InChI is InChI=1S/C23H24ClF3N4O3/c1-14-4-3-5-18(15(14)2)19(13-32)28-20(33)12-31-22(34)30(11-10-23(25,26)27)21(29-31)16-6-8-17(24)9-7-16/h3-9,19,32H,10-13H2,1-2H3,(H,28,33)/t19-/m0/s1. The number of carbonyl (C=O) groups excluding carboxylic acids is 1. The van der Waals surface area contributed by atoms with E-state index in [1.807, 2.05) is 19.9 Å². The Kier molecular flexibility index (Phi) is 7.83. The van der Waals surface area contributed by atoms with Crippen molar-refractivity contribution in [3.05, 3.63) is 74.7 Å². The van der Waals surface area contributed by atoms with Gasteiger partial charge in [-0.1, -0.05) is 29.8 Å². The third kappa shape index (κ3) is 6.06. The second-order valence-electron chi connectivity index (χ2n) is 7.88. The Hall–Kier alpha value is -3.11. The molecule has 0 saturated heterocycles. The van der Waals surface area contributed by atoms with Crippen LogP contribution in [0.3, 0.4) is 0 Å². The first-order chi connectivity index (χ1) is 16.0. The maximum Gasteiger partial charge on any atom is 0.390 e. The van der Waals surface area contributed by atoms with E-state index in [2.05, 4.69) is 10.4 Å². The fraction of sp³-hybridized carbons (Fsp3) is 0.348. The second-order valence-corrected chi connectivity index (χ2v) is 8.32. The molecule has 0 aliphatic heterocycles. The molecule has 1 aromatic heterocycles. The number of amides is 1. The molecule has 2 N–H and O–H groups in total. The monoisotopic (exact) mass is 496 g/mol. The van der Waals surface area contributed by atoms with Crippen LogP contribution in [0.1, 0.15) is 29.2 Å². The molecule has 182 valence electrons. The zero-order valence-electron chi connectivity index (χ0n) is 18.6. The molecule has 2 aromatic carbocycles. The van der Waals surface area contributed by atoms with Crippen LogP contribution in [0.5, 0.6) is 0 Å². The summed E-state index contributed by atoms with van der Waals surface area (Å²) in [5, 5.41) is 17.0. The van der Waals surface area contributed by atoms with Crippen molar-refractivity contribution in [1.29, 1.82) is 0 Å². The first kappa shape index (κ1) is 25.5. The fourth-order valence-electron chi connectivity index (χ4n) is 3.55. The van der Waals surface area contributed by atoms with Gasteiger partial charge in [-0.05, 0) is 54.8 Å². The van der Waals surface area contributed by atoms with Crippen molar-refractivity contribution < 1.29 is 23.1 Å². The SMILES string of the molecule is Cc1cccc([C@H](CO)NC(=O)Cn2nc(-c3ccc(Cl)cc3)n(CCC(F)(F)F)c2=O)c1C. The van der Waals surface area contributed by atoms with Gasteiger partial charge in [-0.15, -0.1) is 5.10 Å². The Balaban J connectivity index is 1.88. The molecule has 1 heterocycles. The number of aliphatic hydroxyl groups is 1. The van der Waals surface area contributed by atoms with Crippen molar-refractivity contribution in [2.45, 2.75) is 45.6 Å². The Labute approximate surface area is 198 Å². The van der Waals surface area contributed by atoms with Gasteiger partial charge in [0.15, 0.2) is 5.82 Å². The number of hydrogen-bond acceptors (Lipinski definition) is 4. The maximum atomic E-state index is 12.8. The first-order valence-electron chi connectivity index (χ1n) is 10.5. The van der Waals surface area contributed by atoms with Gasteiger partial charge in [-0.25, -0.2) is 9.48 Å². The summed E-state index contributed by atoms with van der Waals surface area (Å²) in [5.74, 6) is -0.628. The Morgan fingerprint density at radius 2 is 1.85 bits per heavy atom. The van der Waals surface area contributed by atoms with Gasteiger partial charge in [-0.2, -0.15) is 13.2 Å². The molecule has 0 fully saturated rings. The largest absolute Gasteiger partial charge is 0.394 e. The van der Waals surface area contributed by atoms with E-state index in [1.165, 1.54) is 24.3 Å². The van der Waals surface area contributed by atoms with Crippen molar-refractivity contribution in [1.82, 2.24) is 19.7 Å². The van der Waals surface area contributed by atoms with Gasteiger partial charge in [0.2, 0.25) is 5.91 Å². The van der Waals surface area contributed by atoms with E-state index in [0.717, 1.165) is 25.9 Å². The van der Waals surface area contributed by atoms with E-state index in [9.17, 15) is 27.9 Å². The summed E-state index contributed by atoms with van der Waals surface area (Å²) >= 11 is 5.88.